The summed E-state index contributed by atoms with van der Waals surface area (Å²) < 4.78 is 0. The highest BCUT2D eigenvalue weighted by Gasteiger charge is 2.32. The highest BCUT2D eigenvalue weighted by Crippen LogP contribution is 2.29. The zero-order chi connectivity index (χ0) is 17.9. The van der Waals surface area contributed by atoms with Gasteiger partial charge in [0, 0.05) is 31.2 Å². The maximum absolute atomic E-state index is 12.5. The zero-order valence-corrected chi connectivity index (χ0v) is 15.7. The van der Waals surface area contributed by atoms with E-state index in [9.17, 15) is 9.90 Å². The third kappa shape index (κ3) is 4.83. The molecule has 25 heavy (non-hydrogen) atoms. The van der Waals surface area contributed by atoms with Crippen LogP contribution >= 0.6 is 0 Å². The van der Waals surface area contributed by atoms with Gasteiger partial charge in [0.2, 0.25) is 0 Å². The quantitative estimate of drug-likeness (QED) is 0.882. The molecule has 138 valence electrons. The highest BCUT2D eigenvalue weighted by molar-refractivity contribution is 5.94. The van der Waals surface area contributed by atoms with Crippen LogP contribution in [0.4, 0.5) is 0 Å². The molecule has 0 radical (unpaired) electrons. The van der Waals surface area contributed by atoms with Crippen LogP contribution in [0.25, 0.3) is 0 Å². The van der Waals surface area contributed by atoms with Crippen LogP contribution in [0.2, 0.25) is 0 Å². The van der Waals surface area contributed by atoms with Gasteiger partial charge in [0.25, 0.3) is 5.91 Å². The number of aliphatic hydroxyl groups is 1. The SMILES string of the molecule is Cc1ccc(C(=O)NC2CCN(CC3(O)CCCCC3)CC2)cc1C. The Bertz CT molecular complexity index is 600. The normalized spacial score (nSPS) is 21.9. The minimum absolute atomic E-state index is 0.0347. The Morgan fingerprint density at radius 3 is 2.48 bits per heavy atom. The summed E-state index contributed by atoms with van der Waals surface area (Å²) in [5.41, 5.74) is 2.64. The lowest BCUT2D eigenvalue weighted by atomic mass is 9.84. The molecule has 0 bridgehead atoms. The van der Waals surface area contributed by atoms with Crippen molar-refractivity contribution < 1.29 is 9.90 Å². The molecule has 1 amide bonds. The second-order valence-electron chi connectivity index (χ2n) is 8.11. The summed E-state index contributed by atoms with van der Waals surface area (Å²) in [6, 6.07) is 6.13. The average molecular weight is 344 g/mol. The number of β-amino-alcohol motifs (C(OH)–C–C–N with tert-alkyl or cyclic N) is 1. The molecule has 0 aromatic heterocycles. The predicted octanol–water partition coefficient (Wildman–Crippen LogP) is 3.19. The molecule has 4 heteroatoms. The lowest BCUT2D eigenvalue weighted by Gasteiger charge is -2.40. The van der Waals surface area contributed by atoms with Gasteiger partial charge in [-0.1, -0.05) is 25.3 Å². The highest BCUT2D eigenvalue weighted by atomic mass is 16.3. The molecule has 2 N–H and O–H groups in total. The summed E-state index contributed by atoms with van der Waals surface area (Å²) in [5, 5.41) is 13.9. The molecule has 4 nitrogen and oxygen atoms in total. The van der Waals surface area contributed by atoms with Gasteiger partial charge in [-0.3, -0.25) is 4.79 Å². The molecule has 1 aliphatic heterocycles. The number of likely N-dealkylation sites (tertiary alicyclic amines) is 1. The first-order valence-corrected chi connectivity index (χ1v) is 9.78. The molecular formula is C21H32N2O2. The van der Waals surface area contributed by atoms with Crippen LogP contribution in [0.3, 0.4) is 0 Å². The Morgan fingerprint density at radius 1 is 1.16 bits per heavy atom. The van der Waals surface area contributed by atoms with E-state index in [2.05, 4.69) is 17.1 Å². The van der Waals surface area contributed by atoms with E-state index >= 15 is 0 Å². The minimum Gasteiger partial charge on any atom is -0.389 e. The van der Waals surface area contributed by atoms with E-state index in [0.717, 1.165) is 69.3 Å². The van der Waals surface area contributed by atoms with Gasteiger partial charge in [-0.15, -0.1) is 0 Å². The first-order chi connectivity index (χ1) is 12.0. The molecular weight excluding hydrogens is 312 g/mol. The summed E-state index contributed by atoms with van der Waals surface area (Å²) in [5.74, 6) is 0.0347. The Balaban J connectivity index is 1.47. The topological polar surface area (TPSA) is 52.6 Å². The number of aryl methyl sites for hydroxylation is 2. The van der Waals surface area contributed by atoms with Gasteiger partial charge < -0.3 is 15.3 Å². The van der Waals surface area contributed by atoms with Crippen molar-refractivity contribution in [3.05, 3.63) is 34.9 Å². The fourth-order valence-electron chi connectivity index (χ4n) is 4.17. The Morgan fingerprint density at radius 2 is 1.84 bits per heavy atom. The lowest BCUT2D eigenvalue weighted by molar-refractivity contribution is -0.0312. The largest absolute Gasteiger partial charge is 0.389 e. The van der Waals surface area contributed by atoms with Gasteiger partial charge >= 0.3 is 0 Å². The number of carbonyl (C=O) groups excluding carboxylic acids is 1. The summed E-state index contributed by atoms with van der Waals surface area (Å²) in [7, 11) is 0. The number of benzene rings is 1. The molecule has 2 aliphatic rings. The number of nitrogens with one attached hydrogen (secondary N) is 1. The summed E-state index contributed by atoms with van der Waals surface area (Å²) in [6.07, 6.45) is 7.37. The van der Waals surface area contributed by atoms with E-state index in [1.807, 2.05) is 25.1 Å². The Kier molecular flexibility index (Phi) is 5.80. The van der Waals surface area contributed by atoms with Crippen molar-refractivity contribution in [2.75, 3.05) is 19.6 Å². The number of piperidine rings is 1. The number of hydrogen-bond donors (Lipinski definition) is 2. The van der Waals surface area contributed by atoms with Crippen molar-refractivity contribution in [1.82, 2.24) is 10.2 Å². The van der Waals surface area contributed by atoms with Crippen molar-refractivity contribution in [2.45, 2.75) is 70.4 Å². The molecule has 1 aromatic carbocycles. The van der Waals surface area contributed by atoms with Crippen LogP contribution in [0.1, 0.15) is 66.4 Å². The molecule has 0 unspecified atom stereocenters. The van der Waals surface area contributed by atoms with Crippen LogP contribution in [-0.4, -0.2) is 47.2 Å². The zero-order valence-electron chi connectivity index (χ0n) is 15.7. The molecule has 1 aromatic rings. The number of nitrogens with zero attached hydrogens (tertiary/aromatic N) is 1. The molecule has 2 fully saturated rings. The maximum atomic E-state index is 12.5. The first kappa shape index (κ1) is 18.4. The maximum Gasteiger partial charge on any atom is 0.251 e. The van der Waals surface area contributed by atoms with Crippen LogP contribution in [0.15, 0.2) is 18.2 Å². The van der Waals surface area contributed by atoms with Crippen LogP contribution in [0, 0.1) is 13.8 Å². The summed E-state index contributed by atoms with van der Waals surface area (Å²) in [4.78, 5) is 14.8. The smallest absolute Gasteiger partial charge is 0.251 e. The fourth-order valence-corrected chi connectivity index (χ4v) is 4.17. The van der Waals surface area contributed by atoms with E-state index in [1.165, 1.54) is 12.0 Å². The number of amides is 1. The molecule has 0 spiro atoms. The van der Waals surface area contributed by atoms with Gasteiger partial charge in [0.15, 0.2) is 0 Å². The second-order valence-corrected chi connectivity index (χ2v) is 8.11. The van der Waals surface area contributed by atoms with Gasteiger partial charge in [-0.05, 0) is 62.8 Å². The van der Waals surface area contributed by atoms with E-state index in [1.54, 1.807) is 0 Å². The lowest BCUT2D eigenvalue weighted by Crippen LogP contribution is -2.50. The van der Waals surface area contributed by atoms with Crippen molar-refractivity contribution in [3.63, 3.8) is 0 Å². The standard InChI is InChI=1S/C21H32N2O2/c1-16-6-7-18(14-17(16)2)20(24)22-19-8-12-23(13-9-19)15-21(25)10-4-3-5-11-21/h6-7,14,19,25H,3-5,8-13,15H2,1-2H3,(H,22,24). The third-order valence-corrected chi connectivity index (χ3v) is 5.99. The fraction of sp³-hybridized carbons (Fsp3) is 0.667. The van der Waals surface area contributed by atoms with E-state index in [-0.39, 0.29) is 11.9 Å². The first-order valence-electron chi connectivity index (χ1n) is 9.78. The van der Waals surface area contributed by atoms with Crippen molar-refractivity contribution in [1.29, 1.82) is 0 Å². The number of hydrogen-bond acceptors (Lipinski definition) is 3. The average Bonchev–Trinajstić information content (AvgIpc) is 2.59. The van der Waals surface area contributed by atoms with Crippen LogP contribution in [0.5, 0.6) is 0 Å². The molecule has 1 saturated carbocycles. The van der Waals surface area contributed by atoms with Crippen LogP contribution < -0.4 is 5.32 Å². The Labute approximate surface area is 151 Å². The molecule has 0 atom stereocenters. The van der Waals surface area contributed by atoms with Gasteiger partial charge in [-0.25, -0.2) is 0 Å². The van der Waals surface area contributed by atoms with Crippen molar-refractivity contribution in [3.8, 4) is 0 Å². The summed E-state index contributed by atoms with van der Waals surface area (Å²) >= 11 is 0. The van der Waals surface area contributed by atoms with Crippen LogP contribution in [-0.2, 0) is 0 Å². The number of carbonyl (C=O) groups is 1. The number of rotatable bonds is 4. The molecule has 3 rings (SSSR count). The van der Waals surface area contributed by atoms with E-state index in [0.29, 0.717) is 0 Å². The van der Waals surface area contributed by atoms with E-state index < -0.39 is 5.60 Å². The van der Waals surface area contributed by atoms with Crippen molar-refractivity contribution in [2.24, 2.45) is 0 Å². The Hall–Kier alpha value is -1.39. The van der Waals surface area contributed by atoms with Gasteiger partial charge in [0.05, 0.1) is 5.60 Å². The molecule has 1 aliphatic carbocycles. The predicted molar refractivity (Wildman–Crippen MR) is 101 cm³/mol. The summed E-state index contributed by atoms with van der Waals surface area (Å²) in [6.45, 7) is 6.82. The van der Waals surface area contributed by atoms with Gasteiger partial charge in [-0.2, -0.15) is 0 Å². The monoisotopic (exact) mass is 344 g/mol. The molecule has 1 heterocycles. The second kappa shape index (κ2) is 7.88. The van der Waals surface area contributed by atoms with Crippen molar-refractivity contribution >= 4 is 5.91 Å². The minimum atomic E-state index is -0.478. The van der Waals surface area contributed by atoms with Gasteiger partial charge in [0.1, 0.15) is 0 Å². The molecule has 1 saturated heterocycles. The van der Waals surface area contributed by atoms with E-state index in [4.69, 9.17) is 0 Å². The third-order valence-electron chi connectivity index (χ3n) is 5.99.